The van der Waals surface area contributed by atoms with Crippen LogP contribution in [0, 0.1) is 6.92 Å². The maximum Gasteiger partial charge on any atom is 0.307 e. The highest BCUT2D eigenvalue weighted by Gasteiger charge is 2.11. The minimum atomic E-state index is -0.367. The molecule has 23 heavy (non-hydrogen) atoms. The van der Waals surface area contributed by atoms with Crippen LogP contribution in [-0.4, -0.2) is 38.4 Å². The number of hydrazone groups is 1. The Labute approximate surface area is 134 Å². The zero-order chi connectivity index (χ0) is 16.1. The summed E-state index contributed by atoms with van der Waals surface area (Å²) >= 11 is 0. The van der Waals surface area contributed by atoms with Gasteiger partial charge >= 0.3 is 5.91 Å². The van der Waals surface area contributed by atoms with Crippen molar-refractivity contribution in [2.45, 2.75) is 6.92 Å². The van der Waals surface area contributed by atoms with E-state index in [1.807, 2.05) is 13.0 Å². The molecule has 2 aromatic rings. The third-order valence-electron chi connectivity index (χ3n) is 3.74. The van der Waals surface area contributed by atoms with Gasteiger partial charge in [0, 0.05) is 18.8 Å². The Balaban J connectivity index is 1.63. The third-order valence-corrected chi connectivity index (χ3v) is 3.74. The highest BCUT2D eigenvalue weighted by atomic mass is 16.5. The van der Waals surface area contributed by atoms with E-state index in [0.29, 0.717) is 0 Å². The number of anilines is 1. The van der Waals surface area contributed by atoms with Gasteiger partial charge in [0.2, 0.25) is 0 Å². The van der Waals surface area contributed by atoms with E-state index in [0.717, 1.165) is 37.4 Å². The average molecular weight is 313 g/mol. The molecule has 1 saturated heterocycles. The van der Waals surface area contributed by atoms with Gasteiger partial charge in [0.05, 0.1) is 25.7 Å². The average Bonchev–Trinajstić information content (AvgIpc) is 3.11. The van der Waals surface area contributed by atoms with Gasteiger partial charge in [0.15, 0.2) is 5.76 Å². The lowest BCUT2D eigenvalue weighted by Crippen LogP contribution is -2.36. The van der Waals surface area contributed by atoms with Crippen LogP contribution in [0.5, 0.6) is 0 Å². The quantitative estimate of drug-likeness (QED) is 0.694. The number of carbonyl (C=O) groups excluding carboxylic acids is 1. The van der Waals surface area contributed by atoms with Crippen molar-refractivity contribution >= 4 is 17.8 Å². The molecule has 0 aliphatic carbocycles. The Hall–Kier alpha value is -2.60. The van der Waals surface area contributed by atoms with E-state index in [2.05, 4.69) is 27.6 Å². The number of rotatable bonds is 4. The number of benzene rings is 1. The lowest BCUT2D eigenvalue weighted by Gasteiger charge is -2.29. The van der Waals surface area contributed by atoms with Crippen molar-refractivity contribution in [2.75, 3.05) is 31.2 Å². The second-order valence-electron chi connectivity index (χ2n) is 5.32. The van der Waals surface area contributed by atoms with Crippen molar-refractivity contribution in [3.63, 3.8) is 0 Å². The summed E-state index contributed by atoms with van der Waals surface area (Å²) in [4.78, 5) is 14.0. The number of carbonyl (C=O) groups is 1. The van der Waals surface area contributed by atoms with Crippen LogP contribution in [0.1, 0.15) is 21.7 Å². The summed E-state index contributed by atoms with van der Waals surface area (Å²) in [6, 6.07) is 9.44. The molecule has 2 heterocycles. The monoisotopic (exact) mass is 313 g/mol. The first kappa shape index (κ1) is 15.3. The summed E-state index contributed by atoms with van der Waals surface area (Å²) < 4.78 is 10.4. The Bertz CT molecular complexity index is 689. The number of furan rings is 1. The largest absolute Gasteiger partial charge is 0.459 e. The molecule has 1 amide bonds. The fourth-order valence-corrected chi connectivity index (χ4v) is 2.45. The molecule has 6 heteroatoms. The van der Waals surface area contributed by atoms with Crippen LogP contribution in [0.4, 0.5) is 5.69 Å². The van der Waals surface area contributed by atoms with Gasteiger partial charge in [-0.2, -0.15) is 5.10 Å². The first-order valence-electron chi connectivity index (χ1n) is 7.54. The molecular formula is C17H19N3O3. The fourth-order valence-electron chi connectivity index (χ4n) is 2.45. The number of ether oxygens (including phenoxy) is 1. The van der Waals surface area contributed by atoms with E-state index >= 15 is 0 Å². The van der Waals surface area contributed by atoms with Crippen molar-refractivity contribution in [3.05, 3.63) is 53.5 Å². The molecule has 120 valence electrons. The molecule has 1 aliphatic rings. The molecule has 0 bridgehead atoms. The molecule has 1 N–H and O–H groups in total. The second-order valence-corrected chi connectivity index (χ2v) is 5.32. The molecule has 1 aromatic carbocycles. The number of amides is 1. The SMILES string of the molecule is Cc1cc(N2CCOCC2)ccc1/C=N/NC(=O)c1ccco1. The van der Waals surface area contributed by atoms with Crippen LogP contribution in [0.3, 0.4) is 0 Å². The minimum absolute atomic E-state index is 0.238. The van der Waals surface area contributed by atoms with Crippen molar-refractivity contribution < 1.29 is 13.9 Å². The minimum Gasteiger partial charge on any atom is -0.459 e. The molecule has 3 rings (SSSR count). The molecular weight excluding hydrogens is 294 g/mol. The van der Waals surface area contributed by atoms with Gasteiger partial charge in [-0.05, 0) is 42.3 Å². The summed E-state index contributed by atoms with van der Waals surface area (Å²) in [5.41, 5.74) is 5.69. The number of morpholine rings is 1. The van der Waals surface area contributed by atoms with Crippen LogP contribution >= 0.6 is 0 Å². The fraction of sp³-hybridized carbons (Fsp3) is 0.294. The van der Waals surface area contributed by atoms with Gasteiger partial charge in [-0.1, -0.05) is 6.07 Å². The molecule has 0 unspecified atom stereocenters. The van der Waals surface area contributed by atoms with Crippen molar-refractivity contribution in [2.24, 2.45) is 5.10 Å². The first-order valence-corrected chi connectivity index (χ1v) is 7.54. The van der Waals surface area contributed by atoms with Crippen molar-refractivity contribution in [1.82, 2.24) is 5.43 Å². The lowest BCUT2D eigenvalue weighted by molar-refractivity contribution is 0.0927. The van der Waals surface area contributed by atoms with Gasteiger partial charge in [-0.15, -0.1) is 0 Å². The predicted octanol–water partition coefficient (Wildman–Crippen LogP) is 2.19. The van der Waals surface area contributed by atoms with Gasteiger partial charge in [0.1, 0.15) is 0 Å². The Morgan fingerprint density at radius 3 is 2.83 bits per heavy atom. The van der Waals surface area contributed by atoms with Gasteiger partial charge in [-0.25, -0.2) is 5.43 Å². The van der Waals surface area contributed by atoms with Crippen LogP contribution < -0.4 is 10.3 Å². The Morgan fingerprint density at radius 2 is 2.13 bits per heavy atom. The maximum atomic E-state index is 11.7. The van der Waals surface area contributed by atoms with Gasteiger partial charge in [-0.3, -0.25) is 4.79 Å². The van der Waals surface area contributed by atoms with Crippen molar-refractivity contribution in [3.8, 4) is 0 Å². The topological polar surface area (TPSA) is 67.1 Å². The molecule has 1 aliphatic heterocycles. The molecule has 1 fully saturated rings. The summed E-state index contributed by atoms with van der Waals surface area (Å²) in [6.45, 7) is 5.37. The maximum absolute atomic E-state index is 11.7. The molecule has 0 radical (unpaired) electrons. The highest BCUT2D eigenvalue weighted by Crippen LogP contribution is 2.19. The first-order chi connectivity index (χ1) is 11.2. The second kappa shape index (κ2) is 7.11. The summed E-state index contributed by atoms with van der Waals surface area (Å²) in [7, 11) is 0. The highest BCUT2D eigenvalue weighted by molar-refractivity contribution is 5.92. The number of hydrogen-bond acceptors (Lipinski definition) is 5. The van der Waals surface area contributed by atoms with Crippen molar-refractivity contribution in [1.29, 1.82) is 0 Å². The third kappa shape index (κ3) is 3.78. The zero-order valence-corrected chi connectivity index (χ0v) is 13.0. The van der Waals surface area contributed by atoms with E-state index in [9.17, 15) is 4.79 Å². The van der Waals surface area contributed by atoms with E-state index in [1.54, 1.807) is 18.3 Å². The number of nitrogens with one attached hydrogen (secondary N) is 1. The summed E-state index contributed by atoms with van der Waals surface area (Å²) in [6.07, 6.45) is 3.09. The molecule has 0 atom stereocenters. The van der Waals surface area contributed by atoms with Gasteiger partial charge in [0.25, 0.3) is 0 Å². The van der Waals surface area contributed by atoms with E-state index in [1.165, 1.54) is 12.0 Å². The molecule has 0 saturated carbocycles. The summed E-state index contributed by atoms with van der Waals surface area (Å²) in [5.74, 6) is -0.129. The number of nitrogens with zero attached hydrogens (tertiary/aromatic N) is 2. The molecule has 1 aromatic heterocycles. The van der Waals surface area contributed by atoms with E-state index < -0.39 is 0 Å². The Kier molecular flexibility index (Phi) is 4.73. The lowest BCUT2D eigenvalue weighted by atomic mass is 10.1. The van der Waals surface area contributed by atoms with E-state index in [4.69, 9.17) is 9.15 Å². The predicted molar refractivity (Wildman–Crippen MR) is 88.0 cm³/mol. The van der Waals surface area contributed by atoms with Crippen LogP contribution in [0.25, 0.3) is 0 Å². The zero-order valence-electron chi connectivity index (χ0n) is 13.0. The van der Waals surface area contributed by atoms with Crippen LogP contribution in [-0.2, 0) is 4.74 Å². The molecule has 6 nitrogen and oxygen atoms in total. The smallest absolute Gasteiger partial charge is 0.307 e. The van der Waals surface area contributed by atoms with E-state index in [-0.39, 0.29) is 11.7 Å². The summed E-state index contributed by atoms with van der Waals surface area (Å²) in [5, 5.41) is 3.98. The number of hydrogen-bond donors (Lipinski definition) is 1. The van der Waals surface area contributed by atoms with Gasteiger partial charge < -0.3 is 14.1 Å². The normalized spacial score (nSPS) is 15.1. The van der Waals surface area contributed by atoms with Crippen LogP contribution in [0.2, 0.25) is 0 Å². The standard InChI is InChI=1S/C17H19N3O3/c1-13-11-15(20-6-9-22-10-7-20)5-4-14(13)12-18-19-17(21)16-3-2-8-23-16/h2-5,8,11-12H,6-7,9-10H2,1H3,(H,19,21)/b18-12+. The van der Waals surface area contributed by atoms with Crippen LogP contribution in [0.15, 0.2) is 46.1 Å². The molecule has 0 spiro atoms. The number of aryl methyl sites for hydroxylation is 1. The Morgan fingerprint density at radius 1 is 1.30 bits per heavy atom.